The van der Waals surface area contributed by atoms with Crippen LogP contribution in [0.2, 0.25) is 0 Å². The first-order chi connectivity index (χ1) is 11.1. The number of esters is 1. The molecule has 0 saturated carbocycles. The Bertz CT molecular complexity index is 671. The summed E-state index contributed by atoms with van der Waals surface area (Å²) < 4.78 is 5.33. The minimum absolute atomic E-state index is 0.164. The van der Waals surface area contributed by atoms with Crippen molar-refractivity contribution in [3.8, 4) is 0 Å². The number of hydrogen-bond acceptors (Lipinski definition) is 4. The van der Waals surface area contributed by atoms with Gasteiger partial charge < -0.3 is 15.4 Å². The third-order valence-corrected chi connectivity index (χ3v) is 3.22. The van der Waals surface area contributed by atoms with Gasteiger partial charge in [0.05, 0.1) is 6.42 Å². The molecule has 2 rings (SSSR count). The number of anilines is 1. The van der Waals surface area contributed by atoms with Crippen LogP contribution in [0.3, 0.4) is 0 Å². The van der Waals surface area contributed by atoms with Gasteiger partial charge in [-0.3, -0.25) is 9.59 Å². The van der Waals surface area contributed by atoms with E-state index in [0.717, 1.165) is 5.56 Å². The summed E-state index contributed by atoms with van der Waals surface area (Å²) in [6.07, 6.45) is -0.267. The third-order valence-electron chi connectivity index (χ3n) is 3.22. The van der Waals surface area contributed by atoms with E-state index in [0.29, 0.717) is 11.3 Å². The van der Waals surface area contributed by atoms with Gasteiger partial charge >= 0.3 is 5.97 Å². The van der Waals surface area contributed by atoms with Gasteiger partial charge in [0.2, 0.25) is 0 Å². The Morgan fingerprint density at radius 3 is 2.52 bits per heavy atom. The molecule has 0 radical (unpaired) electrons. The van der Waals surface area contributed by atoms with Crippen LogP contribution in [-0.2, 0) is 16.0 Å². The van der Waals surface area contributed by atoms with Gasteiger partial charge in [-0.25, -0.2) is 0 Å². The molecular formula is C18H20N2O3. The van der Waals surface area contributed by atoms with Crippen molar-refractivity contribution in [3.63, 3.8) is 0 Å². The van der Waals surface area contributed by atoms with E-state index in [1.165, 1.54) is 0 Å². The molecule has 0 spiro atoms. The van der Waals surface area contributed by atoms with Crippen molar-refractivity contribution in [1.29, 1.82) is 0 Å². The normalized spacial score (nSPS) is 11.4. The average Bonchev–Trinajstić information content (AvgIpc) is 2.55. The fourth-order valence-electron chi connectivity index (χ4n) is 2.16. The minimum atomic E-state index is -0.494. The number of amides is 1. The maximum Gasteiger partial charge on any atom is 0.312 e. The van der Waals surface area contributed by atoms with Gasteiger partial charge in [-0.15, -0.1) is 0 Å². The number of nitrogens with one attached hydrogen (secondary N) is 2. The quantitative estimate of drug-likeness (QED) is 0.635. The minimum Gasteiger partial charge on any atom is -0.442 e. The topological polar surface area (TPSA) is 67.4 Å². The van der Waals surface area contributed by atoms with Gasteiger partial charge in [0.1, 0.15) is 0 Å². The Kier molecular flexibility index (Phi) is 5.74. The molecule has 2 aromatic rings. The van der Waals surface area contributed by atoms with Crippen LogP contribution in [0.25, 0.3) is 0 Å². The lowest BCUT2D eigenvalue weighted by Gasteiger charge is -2.16. The molecule has 0 aliphatic heterocycles. The van der Waals surface area contributed by atoms with Crippen LogP contribution in [0.4, 0.5) is 5.69 Å². The van der Waals surface area contributed by atoms with E-state index in [2.05, 4.69) is 10.6 Å². The summed E-state index contributed by atoms with van der Waals surface area (Å²) >= 11 is 0. The van der Waals surface area contributed by atoms with Crippen LogP contribution < -0.4 is 10.6 Å². The largest absolute Gasteiger partial charge is 0.442 e. The van der Waals surface area contributed by atoms with Gasteiger partial charge in [-0.05, 0) is 30.7 Å². The first kappa shape index (κ1) is 16.5. The van der Waals surface area contributed by atoms with Crippen molar-refractivity contribution in [2.75, 3.05) is 12.4 Å². The zero-order chi connectivity index (χ0) is 16.7. The lowest BCUT2D eigenvalue weighted by Crippen LogP contribution is -2.24. The summed E-state index contributed by atoms with van der Waals surface area (Å²) in [6, 6.07) is 16.4. The molecular weight excluding hydrogens is 292 g/mol. The SMILES string of the molecule is CNC(=O)c1cccc(NC(C)OC(=O)Cc2ccccc2)c1. The molecule has 2 N–H and O–H groups in total. The van der Waals surface area contributed by atoms with E-state index >= 15 is 0 Å². The highest BCUT2D eigenvalue weighted by molar-refractivity contribution is 5.94. The molecule has 0 saturated heterocycles. The van der Waals surface area contributed by atoms with E-state index < -0.39 is 6.23 Å². The fourth-order valence-corrected chi connectivity index (χ4v) is 2.16. The Morgan fingerprint density at radius 1 is 1.09 bits per heavy atom. The molecule has 0 fully saturated rings. The molecule has 5 heteroatoms. The fraction of sp³-hybridized carbons (Fsp3) is 0.222. The molecule has 0 heterocycles. The van der Waals surface area contributed by atoms with E-state index in [1.807, 2.05) is 36.4 Å². The van der Waals surface area contributed by atoms with Crippen molar-refractivity contribution in [2.45, 2.75) is 19.6 Å². The standard InChI is InChI=1S/C18H20N2O3/c1-13(23-17(21)11-14-7-4-3-5-8-14)20-16-10-6-9-15(12-16)18(22)19-2/h3-10,12-13,20H,11H2,1-2H3,(H,19,22). The maximum absolute atomic E-state index is 11.9. The summed E-state index contributed by atoms with van der Waals surface area (Å²) in [4.78, 5) is 23.5. The molecule has 0 aromatic heterocycles. The number of rotatable bonds is 6. The van der Waals surface area contributed by atoms with E-state index in [9.17, 15) is 9.59 Å². The highest BCUT2D eigenvalue weighted by Gasteiger charge is 2.11. The number of carbonyl (C=O) groups excluding carboxylic acids is 2. The Balaban J connectivity index is 1.90. The van der Waals surface area contributed by atoms with Crippen LogP contribution in [0, 0.1) is 0 Å². The van der Waals surface area contributed by atoms with Crippen LogP contribution in [0.5, 0.6) is 0 Å². The molecule has 0 aliphatic carbocycles. The van der Waals surface area contributed by atoms with Crippen LogP contribution in [-0.4, -0.2) is 25.2 Å². The first-order valence-electron chi connectivity index (χ1n) is 7.40. The zero-order valence-electron chi connectivity index (χ0n) is 13.2. The zero-order valence-corrected chi connectivity index (χ0v) is 13.2. The Morgan fingerprint density at radius 2 is 1.83 bits per heavy atom. The predicted molar refractivity (Wildman–Crippen MR) is 89.2 cm³/mol. The summed E-state index contributed by atoms with van der Waals surface area (Å²) in [5, 5.41) is 5.62. The highest BCUT2D eigenvalue weighted by atomic mass is 16.6. The summed E-state index contributed by atoms with van der Waals surface area (Å²) in [6.45, 7) is 1.75. The lowest BCUT2D eigenvalue weighted by molar-refractivity contribution is -0.146. The summed E-state index contributed by atoms with van der Waals surface area (Å²) in [7, 11) is 1.58. The van der Waals surface area contributed by atoms with Crippen molar-refractivity contribution < 1.29 is 14.3 Å². The molecule has 0 bridgehead atoms. The van der Waals surface area contributed by atoms with E-state index in [-0.39, 0.29) is 18.3 Å². The average molecular weight is 312 g/mol. The van der Waals surface area contributed by atoms with Gasteiger partial charge in [-0.2, -0.15) is 0 Å². The van der Waals surface area contributed by atoms with Crippen LogP contribution in [0.15, 0.2) is 54.6 Å². The highest BCUT2D eigenvalue weighted by Crippen LogP contribution is 2.12. The molecule has 120 valence electrons. The lowest BCUT2D eigenvalue weighted by atomic mass is 10.1. The Labute approximate surface area is 135 Å². The van der Waals surface area contributed by atoms with Crippen molar-refractivity contribution in [3.05, 3.63) is 65.7 Å². The van der Waals surface area contributed by atoms with Crippen LogP contribution >= 0.6 is 0 Å². The van der Waals surface area contributed by atoms with E-state index in [4.69, 9.17) is 4.74 Å². The summed E-state index contributed by atoms with van der Waals surface area (Å²) in [5.41, 5.74) is 2.16. The maximum atomic E-state index is 11.9. The number of benzene rings is 2. The number of hydrogen-bond donors (Lipinski definition) is 2. The molecule has 5 nitrogen and oxygen atoms in total. The van der Waals surface area contributed by atoms with Crippen molar-refractivity contribution >= 4 is 17.6 Å². The van der Waals surface area contributed by atoms with Gasteiger partial charge in [0.25, 0.3) is 5.91 Å². The third kappa shape index (κ3) is 5.14. The van der Waals surface area contributed by atoms with Gasteiger partial charge in [0, 0.05) is 18.3 Å². The van der Waals surface area contributed by atoms with E-state index in [1.54, 1.807) is 32.2 Å². The number of ether oxygens (including phenoxy) is 1. The predicted octanol–water partition coefficient (Wildman–Crippen LogP) is 2.59. The van der Waals surface area contributed by atoms with Gasteiger partial charge in [0.15, 0.2) is 6.23 Å². The second kappa shape index (κ2) is 7.98. The number of carbonyl (C=O) groups is 2. The molecule has 0 aliphatic rings. The van der Waals surface area contributed by atoms with Gasteiger partial charge in [-0.1, -0.05) is 36.4 Å². The molecule has 1 unspecified atom stereocenters. The van der Waals surface area contributed by atoms with Crippen LogP contribution in [0.1, 0.15) is 22.8 Å². The van der Waals surface area contributed by atoms with Crippen molar-refractivity contribution in [1.82, 2.24) is 5.32 Å². The first-order valence-corrected chi connectivity index (χ1v) is 7.40. The van der Waals surface area contributed by atoms with Crippen molar-refractivity contribution in [2.24, 2.45) is 0 Å². The molecule has 2 aromatic carbocycles. The molecule has 23 heavy (non-hydrogen) atoms. The second-order valence-electron chi connectivity index (χ2n) is 5.10. The smallest absolute Gasteiger partial charge is 0.312 e. The molecule has 1 amide bonds. The molecule has 1 atom stereocenters. The summed E-state index contributed by atoms with van der Waals surface area (Å²) in [5.74, 6) is -0.471. The second-order valence-corrected chi connectivity index (χ2v) is 5.10. The monoisotopic (exact) mass is 312 g/mol. The Hall–Kier alpha value is -2.82.